The average Bonchev–Trinajstić information content (AvgIpc) is 3.52. The van der Waals surface area contributed by atoms with E-state index in [9.17, 15) is 18.7 Å². The highest BCUT2D eigenvalue weighted by molar-refractivity contribution is 5.88. The lowest BCUT2D eigenvalue weighted by atomic mass is 9.59. The summed E-state index contributed by atoms with van der Waals surface area (Å²) in [5, 5.41) is 10.5. The number of carbonyl (C=O) groups is 1. The molecule has 1 spiro atoms. The van der Waals surface area contributed by atoms with Crippen LogP contribution in [0.5, 0.6) is 5.75 Å². The lowest BCUT2D eigenvalue weighted by Gasteiger charge is -2.54. The fraction of sp³-hybridized carbons (Fsp3) is 0.483. The summed E-state index contributed by atoms with van der Waals surface area (Å²) in [7, 11) is 0. The highest BCUT2D eigenvalue weighted by Crippen LogP contribution is 2.60. The van der Waals surface area contributed by atoms with Gasteiger partial charge in [-0.25, -0.2) is 13.6 Å². The highest BCUT2D eigenvalue weighted by Gasteiger charge is 2.58. The van der Waals surface area contributed by atoms with Crippen molar-refractivity contribution >= 4 is 16.9 Å². The summed E-state index contributed by atoms with van der Waals surface area (Å²) in [6, 6.07) is 11.1. The van der Waals surface area contributed by atoms with Crippen LogP contribution in [-0.2, 0) is 6.54 Å². The van der Waals surface area contributed by atoms with Gasteiger partial charge >= 0.3 is 5.97 Å². The molecule has 1 aliphatic heterocycles. The fourth-order valence-electron chi connectivity index (χ4n) is 6.33. The maximum absolute atomic E-state index is 14.0. The highest BCUT2D eigenvalue weighted by atomic mass is 19.3. The van der Waals surface area contributed by atoms with E-state index in [0.29, 0.717) is 25.4 Å². The first-order chi connectivity index (χ1) is 17.2. The molecule has 0 unspecified atom stereocenters. The van der Waals surface area contributed by atoms with Crippen molar-refractivity contribution in [3.05, 3.63) is 64.8 Å². The zero-order valence-corrected chi connectivity index (χ0v) is 20.5. The van der Waals surface area contributed by atoms with E-state index >= 15 is 0 Å². The number of nitrogens with one attached hydrogen (secondary N) is 1. The molecule has 1 aromatic heterocycles. The number of halogens is 2. The van der Waals surface area contributed by atoms with Gasteiger partial charge < -0.3 is 14.8 Å². The van der Waals surface area contributed by atoms with Gasteiger partial charge in [0.05, 0.1) is 12.2 Å². The van der Waals surface area contributed by atoms with Gasteiger partial charge in [0.2, 0.25) is 5.92 Å². The molecule has 2 aliphatic carbocycles. The number of aromatic nitrogens is 1. The molecule has 0 bridgehead atoms. The number of hydrogen-bond donors (Lipinski definition) is 2. The van der Waals surface area contributed by atoms with Crippen molar-refractivity contribution in [1.29, 1.82) is 0 Å². The van der Waals surface area contributed by atoms with Crippen molar-refractivity contribution in [2.75, 3.05) is 13.2 Å². The Morgan fingerprint density at radius 2 is 1.94 bits per heavy atom. The van der Waals surface area contributed by atoms with Crippen molar-refractivity contribution in [3.63, 3.8) is 0 Å². The van der Waals surface area contributed by atoms with Crippen LogP contribution < -0.4 is 4.74 Å². The number of aromatic amines is 1. The molecule has 3 aliphatic rings. The monoisotopic (exact) mass is 494 g/mol. The number of rotatable bonds is 7. The molecule has 5 nitrogen and oxygen atoms in total. The fourth-order valence-corrected chi connectivity index (χ4v) is 6.33. The number of ether oxygens (including phenoxy) is 1. The summed E-state index contributed by atoms with van der Waals surface area (Å²) in [4.78, 5) is 17.1. The first-order valence-electron chi connectivity index (χ1n) is 12.9. The number of alkyl halides is 2. The van der Waals surface area contributed by atoms with Gasteiger partial charge in [-0.3, -0.25) is 4.90 Å². The third kappa shape index (κ3) is 4.38. The number of fused-ring (bicyclic) bond motifs is 1. The standard InChI is InChI=1S/C29H32F2N2O3/c1-18-12-25(36-15-19-2-3-19)23(22-8-10-32-26(18)22)14-33-11-9-28(16-29(30,31)17-28)13-24(33)20-4-6-21(7-5-20)27(34)35/h4-8,10,12,19,24,32H,2-3,9,11,13-17H2,1H3,(H,34,35)/t24-/m0/s1. The Bertz CT molecular complexity index is 1290. The summed E-state index contributed by atoms with van der Waals surface area (Å²) >= 11 is 0. The molecule has 2 aromatic carbocycles. The maximum Gasteiger partial charge on any atom is 0.335 e. The third-order valence-corrected chi connectivity index (χ3v) is 8.45. The number of aromatic carboxylic acids is 1. The molecule has 0 amide bonds. The van der Waals surface area contributed by atoms with Gasteiger partial charge in [-0.1, -0.05) is 12.1 Å². The zero-order valence-electron chi connectivity index (χ0n) is 20.5. The Morgan fingerprint density at radius 3 is 2.61 bits per heavy atom. The second-order valence-electron chi connectivity index (χ2n) is 11.3. The molecular formula is C29H32F2N2O3. The molecule has 2 N–H and O–H groups in total. The molecule has 3 fully saturated rings. The number of nitrogens with zero attached hydrogens (tertiary/aromatic N) is 1. The molecule has 1 atom stereocenters. The van der Waals surface area contributed by atoms with Crippen LogP contribution in [0.2, 0.25) is 0 Å². The number of benzene rings is 2. The van der Waals surface area contributed by atoms with E-state index in [1.165, 1.54) is 12.8 Å². The lowest BCUT2D eigenvalue weighted by Crippen LogP contribution is -2.53. The molecule has 6 rings (SSSR count). The SMILES string of the molecule is Cc1cc(OCC2CC2)c(CN2CCC3(C[C@H]2c2ccc(C(=O)O)cc2)CC(F)(F)C3)c2cc[nH]c12. The minimum Gasteiger partial charge on any atom is -0.493 e. The Morgan fingerprint density at radius 1 is 1.19 bits per heavy atom. The van der Waals surface area contributed by atoms with Crippen molar-refractivity contribution in [2.24, 2.45) is 11.3 Å². The third-order valence-electron chi connectivity index (χ3n) is 8.45. The molecule has 7 heteroatoms. The quantitative estimate of drug-likeness (QED) is 0.383. The summed E-state index contributed by atoms with van der Waals surface area (Å²) in [5.74, 6) is -2.00. The van der Waals surface area contributed by atoms with Gasteiger partial charge in [0.1, 0.15) is 5.75 Å². The Hall–Kier alpha value is -2.93. The molecule has 36 heavy (non-hydrogen) atoms. The summed E-state index contributed by atoms with van der Waals surface area (Å²) in [6.07, 6.45) is 5.67. The maximum atomic E-state index is 14.0. The first-order valence-corrected chi connectivity index (χ1v) is 12.9. The van der Waals surface area contributed by atoms with Crippen LogP contribution in [0.4, 0.5) is 8.78 Å². The second-order valence-corrected chi connectivity index (χ2v) is 11.3. The summed E-state index contributed by atoms with van der Waals surface area (Å²) < 4.78 is 34.3. The predicted molar refractivity (Wildman–Crippen MR) is 134 cm³/mol. The van der Waals surface area contributed by atoms with Crippen LogP contribution in [-0.4, -0.2) is 40.0 Å². The number of likely N-dealkylation sites (tertiary alicyclic amines) is 1. The van der Waals surface area contributed by atoms with Gasteiger partial charge in [0.25, 0.3) is 0 Å². The van der Waals surface area contributed by atoms with Crippen LogP contribution in [0.1, 0.15) is 71.6 Å². The second kappa shape index (κ2) is 8.58. The van der Waals surface area contributed by atoms with Crippen LogP contribution in [0.15, 0.2) is 42.6 Å². The average molecular weight is 495 g/mol. The minimum absolute atomic E-state index is 0.0557. The minimum atomic E-state index is -2.57. The number of piperidine rings is 1. The summed E-state index contributed by atoms with van der Waals surface area (Å²) in [6.45, 7) is 4.16. The number of carboxylic acid groups (broad SMARTS) is 1. The van der Waals surface area contributed by atoms with E-state index in [1.807, 2.05) is 18.3 Å². The van der Waals surface area contributed by atoms with E-state index < -0.39 is 11.9 Å². The molecule has 1 saturated heterocycles. The van der Waals surface area contributed by atoms with E-state index in [2.05, 4.69) is 28.9 Å². The van der Waals surface area contributed by atoms with Crippen molar-refractivity contribution in [1.82, 2.24) is 9.88 Å². The van der Waals surface area contributed by atoms with Crippen molar-refractivity contribution < 1.29 is 23.4 Å². The normalized spacial score (nSPS) is 23.0. The first kappa shape index (κ1) is 23.5. The smallest absolute Gasteiger partial charge is 0.335 e. The van der Waals surface area contributed by atoms with Crippen LogP contribution >= 0.6 is 0 Å². The molecule has 190 valence electrons. The van der Waals surface area contributed by atoms with Crippen LogP contribution in [0, 0.1) is 18.3 Å². The zero-order chi connectivity index (χ0) is 25.1. The van der Waals surface area contributed by atoms with Gasteiger partial charge in [-0.05, 0) is 85.9 Å². The van der Waals surface area contributed by atoms with Crippen molar-refractivity contribution in [3.8, 4) is 5.75 Å². The number of carboxylic acids is 1. The van der Waals surface area contributed by atoms with E-state index in [1.54, 1.807) is 12.1 Å². The van der Waals surface area contributed by atoms with Gasteiger partial charge in [0, 0.05) is 48.1 Å². The molecule has 0 radical (unpaired) electrons. The van der Waals surface area contributed by atoms with Gasteiger partial charge in [0.15, 0.2) is 0 Å². The Balaban J connectivity index is 1.34. The number of hydrogen-bond acceptors (Lipinski definition) is 3. The topological polar surface area (TPSA) is 65.6 Å². The molecule has 2 saturated carbocycles. The molecule has 2 heterocycles. The number of aryl methyl sites for hydroxylation is 1. The largest absolute Gasteiger partial charge is 0.493 e. The Kier molecular flexibility index (Phi) is 5.59. The Labute approximate surface area is 209 Å². The van der Waals surface area contributed by atoms with Gasteiger partial charge in [-0.2, -0.15) is 0 Å². The van der Waals surface area contributed by atoms with Gasteiger partial charge in [-0.15, -0.1) is 0 Å². The summed E-state index contributed by atoms with van der Waals surface area (Å²) in [5.41, 5.74) is 4.22. The van der Waals surface area contributed by atoms with Crippen LogP contribution in [0.3, 0.4) is 0 Å². The van der Waals surface area contributed by atoms with E-state index in [-0.39, 0.29) is 29.9 Å². The molecular weight excluding hydrogens is 462 g/mol. The van der Waals surface area contributed by atoms with Crippen LogP contribution in [0.25, 0.3) is 10.9 Å². The van der Waals surface area contributed by atoms with E-state index in [4.69, 9.17) is 4.74 Å². The number of H-pyrrole nitrogens is 1. The predicted octanol–water partition coefficient (Wildman–Crippen LogP) is 6.72. The molecule has 3 aromatic rings. The van der Waals surface area contributed by atoms with E-state index in [0.717, 1.165) is 46.4 Å². The van der Waals surface area contributed by atoms with Crippen molar-refractivity contribution in [2.45, 2.75) is 64.0 Å². The lowest BCUT2D eigenvalue weighted by molar-refractivity contribution is -0.186.